The third-order valence-corrected chi connectivity index (χ3v) is 12.9. The van der Waals surface area contributed by atoms with Crippen LogP contribution < -0.4 is 0 Å². The fraction of sp³-hybridized carbons (Fsp3) is 0.615. The van der Waals surface area contributed by atoms with Crippen molar-refractivity contribution < 1.29 is 0 Å². The lowest BCUT2D eigenvalue weighted by Gasteiger charge is -2.31. The molecule has 5 heteroatoms. The molecule has 0 bridgehead atoms. The molecular formula is C13H25NP4. The van der Waals surface area contributed by atoms with Crippen molar-refractivity contribution in [3.8, 4) is 0 Å². The molecule has 4 atom stereocenters. The topological polar surface area (TPSA) is 12.4 Å². The minimum Gasteiger partial charge on any atom is -0.252 e. The van der Waals surface area contributed by atoms with Crippen molar-refractivity contribution in [3.63, 3.8) is 0 Å². The second-order valence-electron chi connectivity index (χ2n) is 6.63. The molecular weight excluding hydrogens is 294 g/mol. The molecule has 0 saturated carbocycles. The Bertz CT molecular complexity index is 421. The Kier molecular flexibility index (Phi) is 5.36. The number of nitrogens with zero attached hydrogens (tertiary/aromatic N) is 1. The molecule has 0 N–H and O–H groups in total. The van der Waals surface area contributed by atoms with Crippen LogP contribution in [0.5, 0.6) is 0 Å². The average Bonchev–Trinajstić information content (AvgIpc) is 2.53. The fourth-order valence-electron chi connectivity index (χ4n) is 2.08. The van der Waals surface area contributed by atoms with Crippen LogP contribution in [0, 0.1) is 10.8 Å². The van der Waals surface area contributed by atoms with Crippen LogP contribution in [0.2, 0.25) is 0 Å². The van der Waals surface area contributed by atoms with Gasteiger partial charge in [0.1, 0.15) is 0 Å². The Labute approximate surface area is 119 Å². The summed E-state index contributed by atoms with van der Waals surface area (Å²) in [6.07, 6.45) is 0. The third-order valence-electron chi connectivity index (χ3n) is 2.83. The van der Waals surface area contributed by atoms with Gasteiger partial charge in [0.05, 0.1) is 11.4 Å². The summed E-state index contributed by atoms with van der Waals surface area (Å²) < 4.78 is 0. The SMILES string of the molecule is C=C1N=C(C(C)(C)C)C(C(C)(C)C)=C1P(P)PP. The van der Waals surface area contributed by atoms with Crippen LogP contribution in [0.25, 0.3) is 0 Å². The summed E-state index contributed by atoms with van der Waals surface area (Å²) >= 11 is 0. The molecule has 0 aromatic rings. The molecule has 0 amide bonds. The smallest absolute Gasteiger partial charge is 0.0648 e. The van der Waals surface area contributed by atoms with Crippen LogP contribution in [0.3, 0.4) is 0 Å². The first-order valence-electron chi connectivity index (χ1n) is 6.04. The van der Waals surface area contributed by atoms with E-state index in [0.717, 1.165) is 13.7 Å². The lowest BCUT2D eigenvalue weighted by molar-refractivity contribution is 0.503. The van der Waals surface area contributed by atoms with Gasteiger partial charge in [0.2, 0.25) is 0 Å². The highest BCUT2D eigenvalue weighted by molar-refractivity contribution is 8.62. The van der Waals surface area contributed by atoms with Gasteiger partial charge in [-0.2, -0.15) is 0 Å². The van der Waals surface area contributed by atoms with Crippen molar-refractivity contribution in [2.75, 3.05) is 0 Å². The van der Waals surface area contributed by atoms with Gasteiger partial charge in [-0.05, 0) is 18.3 Å². The zero-order valence-electron chi connectivity index (χ0n) is 12.3. The van der Waals surface area contributed by atoms with E-state index >= 15 is 0 Å². The molecule has 0 aromatic carbocycles. The summed E-state index contributed by atoms with van der Waals surface area (Å²) in [4.78, 5) is 4.80. The predicted octanol–water partition coefficient (Wildman–Crippen LogP) is 5.96. The molecule has 1 aliphatic rings. The molecule has 18 heavy (non-hydrogen) atoms. The number of allylic oxidation sites excluding steroid dienone is 2. The van der Waals surface area contributed by atoms with E-state index in [2.05, 4.69) is 66.0 Å². The summed E-state index contributed by atoms with van der Waals surface area (Å²) in [6, 6.07) is 0. The van der Waals surface area contributed by atoms with Crippen LogP contribution >= 0.6 is 33.1 Å². The van der Waals surface area contributed by atoms with Crippen molar-refractivity contribution in [1.29, 1.82) is 0 Å². The molecule has 0 saturated heterocycles. The van der Waals surface area contributed by atoms with Crippen molar-refractivity contribution in [3.05, 3.63) is 23.2 Å². The van der Waals surface area contributed by atoms with Crippen molar-refractivity contribution in [1.82, 2.24) is 0 Å². The van der Waals surface area contributed by atoms with E-state index in [4.69, 9.17) is 4.99 Å². The van der Waals surface area contributed by atoms with Gasteiger partial charge < -0.3 is 0 Å². The maximum atomic E-state index is 4.80. The maximum Gasteiger partial charge on any atom is 0.0648 e. The van der Waals surface area contributed by atoms with Crippen molar-refractivity contribution in [2.24, 2.45) is 15.8 Å². The standard InChI is InChI=1S/C13H25NP4/c1-8-10(18(16)17-15)9(12(2,3)4)11(14-8)13(5,6)7/h17H,1,15-16H2,2-7H3. The summed E-state index contributed by atoms with van der Waals surface area (Å²) in [5.41, 5.74) is 3.85. The first-order valence-corrected chi connectivity index (χ1v) is 12.7. The van der Waals surface area contributed by atoms with Gasteiger partial charge >= 0.3 is 0 Å². The third kappa shape index (κ3) is 3.49. The number of hydrogen-bond acceptors (Lipinski definition) is 1. The van der Waals surface area contributed by atoms with E-state index < -0.39 is 0 Å². The number of rotatable bonds is 2. The monoisotopic (exact) mass is 319 g/mol. The first-order chi connectivity index (χ1) is 8.00. The van der Waals surface area contributed by atoms with Gasteiger partial charge in [-0.15, -0.1) is 17.9 Å². The van der Waals surface area contributed by atoms with E-state index in [0.29, 0.717) is 0 Å². The van der Waals surface area contributed by atoms with Crippen molar-refractivity contribution in [2.45, 2.75) is 41.5 Å². The highest BCUT2D eigenvalue weighted by Crippen LogP contribution is 2.74. The zero-order valence-corrected chi connectivity index (χ0v) is 16.5. The molecule has 4 unspecified atom stereocenters. The molecule has 1 aliphatic heterocycles. The molecule has 1 rings (SSSR count). The molecule has 0 aliphatic carbocycles. The van der Waals surface area contributed by atoms with Crippen LogP contribution in [0.4, 0.5) is 0 Å². The summed E-state index contributed by atoms with van der Waals surface area (Å²) in [5.74, 6) is 0. The molecule has 1 nitrogen and oxygen atoms in total. The van der Waals surface area contributed by atoms with E-state index in [9.17, 15) is 0 Å². The zero-order chi connectivity index (χ0) is 14.3. The highest BCUT2D eigenvalue weighted by Gasteiger charge is 2.38. The Morgan fingerprint density at radius 2 is 1.61 bits per heavy atom. The van der Waals surface area contributed by atoms with Crippen LogP contribution in [-0.4, -0.2) is 5.71 Å². The lowest BCUT2D eigenvalue weighted by Crippen LogP contribution is -2.27. The second kappa shape index (κ2) is 5.70. The second-order valence-corrected chi connectivity index (χ2v) is 15.7. The Hall–Kier alpha value is 0.870. The molecule has 102 valence electrons. The normalized spacial score (nSPS) is 20.0. The van der Waals surface area contributed by atoms with E-state index in [-0.39, 0.29) is 18.1 Å². The van der Waals surface area contributed by atoms with Crippen LogP contribution in [-0.2, 0) is 0 Å². The van der Waals surface area contributed by atoms with Gasteiger partial charge in [0.25, 0.3) is 0 Å². The summed E-state index contributed by atoms with van der Waals surface area (Å²) in [7, 11) is 6.50. The number of aliphatic imine (C=N–C) groups is 1. The van der Waals surface area contributed by atoms with Gasteiger partial charge in [-0.3, -0.25) is 4.99 Å². The molecule has 1 heterocycles. The quantitative estimate of drug-likeness (QED) is 0.557. The lowest BCUT2D eigenvalue weighted by atomic mass is 9.75. The van der Waals surface area contributed by atoms with Crippen molar-refractivity contribution >= 4 is 38.8 Å². The molecule has 0 aromatic heterocycles. The maximum absolute atomic E-state index is 4.80. The minimum atomic E-state index is -0.223. The van der Waals surface area contributed by atoms with Gasteiger partial charge in [0, 0.05) is 10.7 Å². The largest absolute Gasteiger partial charge is 0.252 e. The minimum absolute atomic E-state index is 0.0815. The Morgan fingerprint density at radius 3 is 1.94 bits per heavy atom. The van der Waals surface area contributed by atoms with Gasteiger partial charge in [-0.1, -0.05) is 56.1 Å². The molecule has 0 fully saturated rings. The van der Waals surface area contributed by atoms with E-state index in [1.165, 1.54) is 16.6 Å². The Morgan fingerprint density at radius 1 is 1.11 bits per heavy atom. The fourth-order valence-corrected chi connectivity index (χ4v) is 6.32. The molecule has 0 radical (unpaired) electrons. The number of hydrogen-bond donors (Lipinski definition) is 0. The van der Waals surface area contributed by atoms with Gasteiger partial charge in [0.15, 0.2) is 0 Å². The van der Waals surface area contributed by atoms with Crippen LogP contribution in [0.1, 0.15) is 41.5 Å². The Balaban J connectivity index is 3.47. The average molecular weight is 319 g/mol. The summed E-state index contributed by atoms with van der Waals surface area (Å²) in [5, 5.41) is 1.40. The van der Waals surface area contributed by atoms with Gasteiger partial charge in [-0.25, -0.2) is 0 Å². The molecule has 0 spiro atoms. The summed E-state index contributed by atoms with van der Waals surface area (Å²) in [6.45, 7) is 17.7. The van der Waals surface area contributed by atoms with E-state index in [1.807, 2.05) is 0 Å². The van der Waals surface area contributed by atoms with Crippen LogP contribution in [0.15, 0.2) is 28.2 Å². The first kappa shape index (κ1) is 16.9. The highest BCUT2D eigenvalue weighted by atomic mass is 32.6. The predicted molar refractivity (Wildman–Crippen MR) is 97.2 cm³/mol. The van der Waals surface area contributed by atoms with E-state index in [1.54, 1.807) is 0 Å².